The monoisotopic (exact) mass is 335 g/mol. The predicted octanol–water partition coefficient (Wildman–Crippen LogP) is 3.26. The second kappa shape index (κ2) is 7.13. The number of ketones is 1. The number of aromatic amines is 1. The summed E-state index contributed by atoms with van der Waals surface area (Å²) >= 11 is 0. The van der Waals surface area contributed by atoms with Gasteiger partial charge in [-0.3, -0.25) is 9.32 Å². The van der Waals surface area contributed by atoms with E-state index in [0.29, 0.717) is 11.6 Å². The summed E-state index contributed by atoms with van der Waals surface area (Å²) in [4.78, 5) is 24.4. The maximum atomic E-state index is 12.5. The van der Waals surface area contributed by atoms with E-state index in [1.54, 1.807) is 18.2 Å². The van der Waals surface area contributed by atoms with Crippen LogP contribution >= 0.6 is 0 Å². The molecule has 126 valence electrons. The molecule has 1 heterocycles. The second-order valence-corrected chi connectivity index (χ2v) is 6.02. The highest BCUT2D eigenvalue weighted by Gasteiger charge is 2.28. The summed E-state index contributed by atoms with van der Waals surface area (Å²) in [7, 11) is 0. The number of rotatable bonds is 5. The Morgan fingerprint density at radius 1 is 1.08 bits per heavy atom. The van der Waals surface area contributed by atoms with Crippen LogP contribution in [0.4, 0.5) is 0 Å². The van der Waals surface area contributed by atoms with Gasteiger partial charge in [-0.05, 0) is 33.1 Å². The third-order valence-electron chi connectivity index (χ3n) is 3.92. The third kappa shape index (κ3) is 3.66. The molecule has 0 aliphatic heterocycles. The number of para-hydroxylation sites is 1. The molecule has 5 nitrogen and oxygen atoms in total. The van der Waals surface area contributed by atoms with Gasteiger partial charge in [-0.15, -0.1) is 0 Å². The summed E-state index contributed by atoms with van der Waals surface area (Å²) in [6.45, 7) is 4.25. The van der Waals surface area contributed by atoms with Crippen LogP contribution in [0.3, 0.4) is 0 Å². The lowest BCUT2D eigenvalue weighted by atomic mass is 10.0. The van der Waals surface area contributed by atoms with Crippen LogP contribution in [0.1, 0.15) is 41.4 Å². The van der Waals surface area contributed by atoms with E-state index >= 15 is 0 Å². The summed E-state index contributed by atoms with van der Waals surface area (Å²) in [5.41, 5.74) is 2.00. The zero-order valence-corrected chi connectivity index (χ0v) is 14.1. The fourth-order valence-corrected chi connectivity index (χ4v) is 2.48. The number of aromatic nitrogens is 2. The number of nitrogens with one attached hydrogen (secondary N) is 1. The van der Waals surface area contributed by atoms with E-state index in [0.717, 1.165) is 5.56 Å². The lowest BCUT2D eigenvalue weighted by Crippen LogP contribution is -2.40. The highest BCUT2D eigenvalue weighted by atomic mass is 16.5. The highest BCUT2D eigenvalue weighted by molar-refractivity contribution is 6.04. The van der Waals surface area contributed by atoms with Crippen LogP contribution in [0.25, 0.3) is 11.8 Å². The lowest BCUT2D eigenvalue weighted by Gasteiger charge is -2.04. The minimum absolute atomic E-state index is 0.0683. The quantitative estimate of drug-likeness (QED) is 0.442. The van der Waals surface area contributed by atoms with Gasteiger partial charge in [-0.2, -0.15) is 0 Å². The topological polar surface area (TPSA) is 67.0 Å². The molecule has 25 heavy (non-hydrogen) atoms. The van der Waals surface area contributed by atoms with Crippen LogP contribution in [0.2, 0.25) is 0 Å². The Hall–Kier alpha value is -3.21. The molecular formula is C20H19N2O3+. The molecule has 0 spiro atoms. The summed E-state index contributed by atoms with van der Waals surface area (Å²) in [5.74, 6) is 0.0285. The summed E-state index contributed by atoms with van der Waals surface area (Å²) in [6.07, 6.45) is 3.07. The van der Waals surface area contributed by atoms with Crippen LogP contribution in [0.5, 0.6) is 0 Å². The van der Waals surface area contributed by atoms with Gasteiger partial charge in [-0.1, -0.05) is 62.4 Å². The number of hydrogen-bond donors (Lipinski definition) is 1. The Balaban J connectivity index is 1.87. The minimum atomic E-state index is -0.700. The van der Waals surface area contributed by atoms with E-state index in [2.05, 4.69) is 19.1 Å². The Kier molecular flexibility index (Phi) is 4.75. The van der Waals surface area contributed by atoms with Crippen molar-refractivity contribution < 1.29 is 14.0 Å². The Bertz CT molecular complexity index is 949. The molecule has 0 radical (unpaired) electrons. The van der Waals surface area contributed by atoms with Crippen molar-refractivity contribution >= 4 is 11.9 Å². The molecule has 0 fully saturated rings. The number of carbonyl (C=O) groups is 1. The number of carbonyl (C=O) groups excluding carboxylic acids is 1. The summed E-state index contributed by atoms with van der Waals surface area (Å²) in [5, 5.41) is 2.46. The zero-order chi connectivity index (χ0) is 17.8. The van der Waals surface area contributed by atoms with Crippen molar-refractivity contribution in [1.82, 2.24) is 5.27 Å². The lowest BCUT2D eigenvalue weighted by molar-refractivity contribution is -0.672. The Morgan fingerprint density at radius 3 is 2.40 bits per heavy atom. The molecule has 0 unspecified atom stereocenters. The largest absolute Gasteiger partial charge is 0.439 e. The molecular weight excluding hydrogens is 316 g/mol. The van der Waals surface area contributed by atoms with E-state index in [9.17, 15) is 9.59 Å². The molecule has 0 aliphatic rings. The summed E-state index contributed by atoms with van der Waals surface area (Å²) in [6, 6.07) is 17.0. The number of hydrogen-bond acceptors (Lipinski definition) is 3. The smallest absolute Gasteiger partial charge is 0.282 e. The number of benzene rings is 2. The Morgan fingerprint density at radius 2 is 1.76 bits per heavy atom. The van der Waals surface area contributed by atoms with Crippen molar-refractivity contribution in [3.05, 3.63) is 87.9 Å². The SMILES string of the molecule is CC(C)c1ccc(/C=C/C(=O)c2c(=O)o[nH][n+]2-c2ccccc2)cc1. The standard InChI is InChI=1S/C20H18N2O3/c1-14(2)16-11-8-15(9-12-16)10-13-18(23)19-20(24)25-21-22(19)17-6-4-3-5-7-17/h3-14H,1-2H3/p+1/b13-10+. The zero-order valence-electron chi connectivity index (χ0n) is 14.1. The first kappa shape index (κ1) is 16.6. The highest BCUT2D eigenvalue weighted by Crippen LogP contribution is 2.15. The maximum Gasteiger partial charge on any atom is 0.439 e. The average Bonchev–Trinajstić information content (AvgIpc) is 3.02. The number of allylic oxidation sites excluding steroid dienone is 1. The second-order valence-electron chi connectivity index (χ2n) is 6.02. The predicted molar refractivity (Wildman–Crippen MR) is 94.8 cm³/mol. The first-order chi connectivity index (χ1) is 12.1. The molecule has 5 heteroatoms. The maximum absolute atomic E-state index is 12.5. The fourth-order valence-electron chi connectivity index (χ4n) is 2.48. The van der Waals surface area contributed by atoms with Crippen molar-refractivity contribution in [2.45, 2.75) is 19.8 Å². The fraction of sp³-hybridized carbons (Fsp3) is 0.150. The molecule has 0 atom stereocenters. The first-order valence-electron chi connectivity index (χ1n) is 8.07. The molecule has 0 saturated carbocycles. The molecule has 0 amide bonds. The van der Waals surface area contributed by atoms with E-state index < -0.39 is 11.4 Å². The van der Waals surface area contributed by atoms with E-state index in [1.165, 1.54) is 16.3 Å². The van der Waals surface area contributed by atoms with E-state index in [4.69, 9.17) is 4.52 Å². The van der Waals surface area contributed by atoms with E-state index in [1.807, 2.05) is 42.5 Å². The van der Waals surface area contributed by atoms with Crippen LogP contribution in [-0.4, -0.2) is 11.1 Å². The van der Waals surface area contributed by atoms with Gasteiger partial charge in [0.15, 0.2) is 0 Å². The van der Waals surface area contributed by atoms with Crippen molar-refractivity contribution in [3.63, 3.8) is 0 Å². The van der Waals surface area contributed by atoms with Crippen molar-refractivity contribution in [3.8, 4) is 5.69 Å². The van der Waals surface area contributed by atoms with Gasteiger partial charge in [0, 0.05) is 12.1 Å². The van der Waals surface area contributed by atoms with Crippen LogP contribution < -0.4 is 10.3 Å². The molecule has 0 aliphatic carbocycles. The molecule has 1 aromatic heterocycles. The molecule has 2 aromatic carbocycles. The van der Waals surface area contributed by atoms with Gasteiger partial charge in [0.05, 0.1) is 0 Å². The number of H-pyrrole nitrogens is 1. The third-order valence-corrected chi connectivity index (χ3v) is 3.92. The minimum Gasteiger partial charge on any atom is -0.282 e. The Labute approximate surface area is 145 Å². The van der Waals surface area contributed by atoms with Crippen molar-refractivity contribution in [2.24, 2.45) is 0 Å². The normalized spacial score (nSPS) is 11.3. The number of nitrogens with zero attached hydrogens (tertiary/aromatic N) is 1. The van der Waals surface area contributed by atoms with Crippen LogP contribution in [0, 0.1) is 0 Å². The molecule has 0 bridgehead atoms. The van der Waals surface area contributed by atoms with Gasteiger partial charge >= 0.3 is 11.3 Å². The van der Waals surface area contributed by atoms with Crippen molar-refractivity contribution in [1.29, 1.82) is 0 Å². The van der Waals surface area contributed by atoms with E-state index in [-0.39, 0.29) is 5.69 Å². The molecule has 1 N–H and O–H groups in total. The van der Waals surface area contributed by atoms with Crippen molar-refractivity contribution in [2.75, 3.05) is 0 Å². The average molecular weight is 335 g/mol. The molecule has 3 aromatic rings. The molecule has 3 rings (SSSR count). The first-order valence-corrected chi connectivity index (χ1v) is 8.07. The summed E-state index contributed by atoms with van der Waals surface area (Å²) < 4.78 is 6.14. The van der Waals surface area contributed by atoms with Gasteiger partial charge in [0.25, 0.3) is 5.78 Å². The van der Waals surface area contributed by atoms with Crippen LogP contribution in [-0.2, 0) is 0 Å². The van der Waals surface area contributed by atoms with Gasteiger partial charge in [-0.25, -0.2) is 4.79 Å². The van der Waals surface area contributed by atoms with Crippen LogP contribution in [0.15, 0.2) is 70.0 Å². The van der Waals surface area contributed by atoms with Gasteiger partial charge < -0.3 is 0 Å². The molecule has 0 saturated heterocycles. The van der Waals surface area contributed by atoms with Gasteiger partial charge in [0.2, 0.25) is 5.69 Å². The van der Waals surface area contributed by atoms with Gasteiger partial charge in [0.1, 0.15) is 0 Å².